The van der Waals surface area contributed by atoms with Crippen LogP contribution in [-0.4, -0.2) is 5.67 Å². The van der Waals surface area contributed by atoms with E-state index >= 15 is 0 Å². The average molecular weight is 139 g/mol. The molecule has 0 unspecified atom stereocenters. The lowest BCUT2D eigenvalue weighted by molar-refractivity contribution is 0.0820. The number of alkyl halides is 1. The summed E-state index contributed by atoms with van der Waals surface area (Å²) in [5.74, 6) is -0.0544. The highest BCUT2D eigenvalue weighted by Crippen LogP contribution is 2.41. The molecule has 0 aromatic heterocycles. The van der Waals surface area contributed by atoms with E-state index in [2.05, 4.69) is 0 Å². The second-order valence-electron chi connectivity index (χ2n) is 2.77. The van der Waals surface area contributed by atoms with Crippen molar-refractivity contribution in [3.8, 4) is 6.07 Å². The van der Waals surface area contributed by atoms with Crippen molar-refractivity contribution in [2.75, 3.05) is 0 Å². The molecule has 0 bridgehead atoms. The van der Waals surface area contributed by atoms with Gasteiger partial charge in [-0.25, -0.2) is 4.39 Å². The molecule has 0 amide bonds. The third-order valence-electron chi connectivity index (χ3n) is 1.82. The normalized spacial score (nSPS) is 39.1. The molecule has 0 aromatic carbocycles. The lowest BCUT2D eigenvalue weighted by Gasteiger charge is -2.35. The molecular formula is C8H10FN. The van der Waals surface area contributed by atoms with Crippen LogP contribution < -0.4 is 0 Å². The Morgan fingerprint density at radius 3 is 2.70 bits per heavy atom. The quantitative estimate of drug-likeness (QED) is 0.511. The van der Waals surface area contributed by atoms with Gasteiger partial charge in [0.05, 0.1) is 12.0 Å². The third kappa shape index (κ3) is 1.18. The average Bonchev–Trinajstić information content (AvgIpc) is 1.83. The summed E-state index contributed by atoms with van der Waals surface area (Å²) in [7, 11) is 0. The van der Waals surface area contributed by atoms with Gasteiger partial charge >= 0.3 is 0 Å². The number of hydrogen-bond acceptors (Lipinski definition) is 1. The van der Waals surface area contributed by atoms with E-state index in [-0.39, 0.29) is 5.92 Å². The Balaban J connectivity index is 2.43. The molecule has 0 spiro atoms. The molecule has 0 heterocycles. The smallest absolute Gasteiger partial charge is 0.131 e. The number of halogens is 1. The zero-order valence-corrected chi connectivity index (χ0v) is 5.97. The van der Waals surface area contributed by atoms with Crippen LogP contribution >= 0.6 is 0 Å². The van der Waals surface area contributed by atoms with Gasteiger partial charge in [-0.3, -0.25) is 0 Å². The molecule has 0 N–H and O–H groups in total. The lowest BCUT2D eigenvalue weighted by atomic mass is 9.73. The van der Waals surface area contributed by atoms with Crippen molar-refractivity contribution in [1.29, 1.82) is 5.26 Å². The zero-order chi connectivity index (χ0) is 7.61. The third-order valence-corrected chi connectivity index (χ3v) is 1.82. The van der Waals surface area contributed by atoms with Crippen LogP contribution in [0.15, 0.2) is 12.2 Å². The molecule has 54 valence electrons. The highest BCUT2D eigenvalue weighted by molar-refractivity contribution is 5.13. The molecule has 1 aliphatic rings. The van der Waals surface area contributed by atoms with Crippen LogP contribution in [0.2, 0.25) is 0 Å². The van der Waals surface area contributed by atoms with E-state index in [4.69, 9.17) is 5.26 Å². The van der Waals surface area contributed by atoms with Gasteiger partial charge in [-0.2, -0.15) is 5.26 Å². The maximum atomic E-state index is 13.1. The molecule has 10 heavy (non-hydrogen) atoms. The first-order valence-corrected chi connectivity index (χ1v) is 3.42. The summed E-state index contributed by atoms with van der Waals surface area (Å²) in [6.07, 6.45) is 4.01. The second-order valence-corrected chi connectivity index (χ2v) is 2.77. The van der Waals surface area contributed by atoms with Gasteiger partial charge in [0.1, 0.15) is 5.67 Å². The van der Waals surface area contributed by atoms with Crippen molar-refractivity contribution in [2.24, 2.45) is 5.92 Å². The number of allylic oxidation sites excluding steroid dienone is 2. The van der Waals surface area contributed by atoms with Crippen molar-refractivity contribution < 1.29 is 4.39 Å². The molecular weight excluding hydrogens is 129 g/mol. The minimum atomic E-state index is -1.16. The first kappa shape index (κ1) is 7.27. The molecule has 1 saturated carbocycles. The summed E-state index contributed by atoms with van der Waals surface area (Å²) < 4.78 is 13.1. The largest absolute Gasteiger partial charge is 0.239 e. The van der Waals surface area contributed by atoms with E-state index in [1.807, 2.05) is 6.07 Å². The first-order chi connectivity index (χ1) is 4.70. The summed E-state index contributed by atoms with van der Waals surface area (Å²) in [4.78, 5) is 0. The Morgan fingerprint density at radius 2 is 2.30 bits per heavy atom. The Kier molecular flexibility index (Phi) is 1.76. The monoisotopic (exact) mass is 139 g/mol. The summed E-state index contributed by atoms with van der Waals surface area (Å²) in [6, 6.07) is 2.04. The van der Waals surface area contributed by atoms with Crippen molar-refractivity contribution in [3.63, 3.8) is 0 Å². The van der Waals surface area contributed by atoms with Gasteiger partial charge in [-0.15, -0.1) is 0 Å². The van der Waals surface area contributed by atoms with Gasteiger partial charge in [0.2, 0.25) is 0 Å². The molecule has 0 atom stereocenters. The van der Waals surface area contributed by atoms with Crippen molar-refractivity contribution in [2.45, 2.75) is 25.4 Å². The maximum absolute atomic E-state index is 13.1. The SMILES string of the molecule is CC=CC1(F)CC(C#N)C1. The summed E-state index contributed by atoms with van der Waals surface area (Å²) in [5, 5.41) is 8.35. The van der Waals surface area contributed by atoms with Crippen LogP contribution in [0.4, 0.5) is 4.39 Å². The van der Waals surface area contributed by atoms with Crippen LogP contribution in [0, 0.1) is 17.2 Å². The standard InChI is InChI=1S/C8H10FN/c1-2-3-8(9)4-7(5-8)6-10/h2-3,7H,4-5H2,1H3. The summed E-state index contributed by atoms with van der Waals surface area (Å²) in [5.41, 5.74) is -1.16. The van der Waals surface area contributed by atoms with Crippen LogP contribution in [0.25, 0.3) is 0 Å². The van der Waals surface area contributed by atoms with Crippen molar-refractivity contribution >= 4 is 0 Å². The Hall–Kier alpha value is -0.840. The topological polar surface area (TPSA) is 23.8 Å². The Labute approximate surface area is 60.2 Å². The Bertz CT molecular complexity index is 184. The van der Waals surface area contributed by atoms with E-state index in [0.717, 1.165) is 0 Å². The molecule has 0 aromatic rings. The fraction of sp³-hybridized carbons (Fsp3) is 0.625. The van der Waals surface area contributed by atoms with Gasteiger partial charge < -0.3 is 0 Å². The van der Waals surface area contributed by atoms with E-state index < -0.39 is 5.67 Å². The van der Waals surface area contributed by atoms with Crippen molar-refractivity contribution in [1.82, 2.24) is 0 Å². The predicted molar refractivity (Wildman–Crippen MR) is 37.0 cm³/mol. The van der Waals surface area contributed by atoms with Gasteiger partial charge in [-0.1, -0.05) is 12.2 Å². The molecule has 1 rings (SSSR count). The molecule has 0 radical (unpaired) electrons. The van der Waals surface area contributed by atoms with E-state index in [0.29, 0.717) is 12.8 Å². The first-order valence-electron chi connectivity index (χ1n) is 3.42. The number of nitrogens with zero attached hydrogens (tertiary/aromatic N) is 1. The van der Waals surface area contributed by atoms with Crippen LogP contribution in [0.1, 0.15) is 19.8 Å². The minimum Gasteiger partial charge on any atom is -0.239 e. The highest BCUT2D eigenvalue weighted by Gasteiger charge is 2.42. The predicted octanol–water partition coefficient (Wildman–Crippen LogP) is 2.20. The van der Waals surface area contributed by atoms with Gasteiger partial charge in [0, 0.05) is 12.8 Å². The lowest BCUT2D eigenvalue weighted by Crippen LogP contribution is -2.36. The fourth-order valence-corrected chi connectivity index (χ4v) is 1.29. The Morgan fingerprint density at radius 1 is 1.70 bits per heavy atom. The summed E-state index contributed by atoms with van der Waals surface area (Å²) in [6.45, 7) is 1.79. The van der Waals surface area contributed by atoms with Gasteiger partial charge in [0.25, 0.3) is 0 Å². The molecule has 0 aliphatic heterocycles. The number of hydrogen-bond donors (Lipinski definition) is 0. The highest BCUT2D eigenvalue weighted by atomic mass is 19.1. The molecule has 1 aliphatic carbocycles. The molecule has 0 saturated heterocycles. The van der Waals surface area contributed by atoms with Crippen LogP contribution in [0.3, 0.4) is 0 Å². The van der Waals surface area contributed by atoms with E-state index in [9.17, 15) is 4.39 Å². The van der Waals surface area contributed by atoms with Crippen LogP contribution in [-0.2, 0) is 0 Å². The van der Waals surface area contributed by atoms with E-state index in [1.54, 1.807) is 19.1 Å². The molecule has 2 heteroatoms. The summed E-state index contributed by atoms with van der Waals surface area (Å²) >= 11 is 0. The molecule has 1 fully saturated rings. The van der Waals surface area contributed by atoms with Gasteiger partial charge in [0.15, 0.2) is 0 Å². The van der Waals surface area contributed by atoms with Crippen LogP contribution in [0.5, 0.6) is 0 Å². The fourth-order valence-electron chi connectivity index (χ4n) is 1.29. The van der Waals surface area contributed by atoms with E-state index in [1.165, 1.54) is 0 Å². The van der Waals surface area contributed by atoms with Gasteiger partial charge in [-0.05, 0) is 6.92 Å². The number of nitriles is 1. The minimum absolute atomic E-state index is 0.0544. The van der Waals surface area contributed by atoms with Crippen molar-refractivity contribution in [3.05, 3.63) is 12.2 Å². The molecule has 1 nitrogen and oxygen atoms in total. The zero-order valence-electron chi connectivity index (χ0n) is 5.97. The number of rotatable bonds is 1. The second kappa shape index (κ2) is 2.42. The maximum Gasteiger partial charge on any atom is 0.131 e.